The standard InChI is InChI=1S/C10H23N3/c1-8(2)10(11,12)13-9-6-4-3-5-7-9/h8-9,13H,3-7,11-12H2,1-2H3. The van der Waals surface area contributed by atoms with Gasteiger partial charge >= 0.3 is 0 Å². The molecule has 0 saturated heterocycles. The molecule has 0 aliphatic heterocycles. The normalized spacial score (nSPS) is 21.0. The second kappa shape index (κ2) is 4.40. The van der Waals surface area contributed by atoms with Crippen LogP contribution in [0.15, 0.2) is 0 Å². The molecule has 1 saturated carbocycles. The number of nitrogens with two attached hydrogens (primary N) is 2. The second-order valence-electron chi connectivity index (χ2n) is 4.57. The van der Waals surface area contributed by atoms with E-state index < -0.39 is 5.79 Å². The molecule has 0 aromatic carbocycles. The Kier molecular flexibility index (Phi) is 3.71. The van der Waals surface area contributed by atoms with Crippen LogP contribution < -0.4 is 16.8 Å². The van der Waals surface area contributed by atoms with Crippen LogP contribution in [-0.2, 0) is 0 Å². The molecular weight excluding hydrogens is 162 g/mol. The molecule has 0 bridgehead atoms. The molecule has 78 valence electrons. The van der Waals surface area contributed by atoms with Crippen LogP contribution in [-0.4, -0.2) is 11.8 Å². The topological polar surface area (TPSA) is 64.1 Å². The lowest BCUT2D eigenvalue weighted by molar-refractivity contribution is 0.199. The summed E-state index contributed by atoms with van der Waals surface area (Å²) in [4.78, 5) is 0. The second-order valence-corrected chi connectivity index (χ2v) is 4.57. The molecule has 3 heteroatoms. The summed E-state index contributed by atoms with van der Waals surface area (Å²) in [7, 11) is 0. The zero-order valence-corrected chi connectivity index (χ0v) is 8.84. The van der Waals surface area contributed by atoms with E-state index in [-0.39, 0.29) is 5.92 Å². The maximum atomic E-state index is 5.96. The lowest BCUT2D eigenvalue weighted by Gasteiger charge is -2.36. The summed E-state index contributed by atoms with van der Waals surface area (Å²) in [6.07, 6.45) is 6.44. The maximum Gasteiger partial charge on any atom is 0.120 e. The van der Waals surface area contributed by atoms with Crippen LogP contribution in [0.4, 0.5) is 0 Å². The number of hydrogen-bond acceptors (Lipinski definition) is 3. The molecule has 1 aliphatic rings. The first-order valence-corrected chi connectivity index (χ1v) is 5.38. The Morgan fingerprint density at radius 1 is 1.15 bits per heavy atom. The maximum absolute atomic E-state index is 5.96. The summed E-state index contributed by atoms with van der Waals surface area (Å²) < 4.78 is 0. The van der Waals surface area contributed by atoms with Crippen molar-refractivity contribution in [3.63, 3.8) is 0 Å². The van der Waals surface area contributed by atoms with Gasteiger partial charge in [-0.25, -0.2) is 0 Å². The van der Waals surface area contributed by atoms with Gasteiger partial charge in [-0.05, 0) is 18.8 Å². The van der Waals surface area contributed by atoms with Gasteiger partial charge < -0.3 is 11.5 Å². The van der Waals surface area contributed by atoms with Crippen molar-refractivity contribution in [1.82, 2.24) is 5.32 Å². The highest BCUT2D eigenvalue weighted by atomic mass is 15.2. The first kappa shape index (κ1) is 11.0. The van der Waals surface area contributed by atoms with Gasteiger partial charge in [0, 0.05) is 6.04 Å². The summed E-state index contributed by atoms with van der Waals surface area (Å²) in [6, 6.07) is 0.533. The fourth-order valence-corrected chi connectivity index (χ4v) is 1.77. The average molecular weight is 185 g/mol. The van der Waals surface area contributed by atoms with Crippen molar-refractivity contribution in [2.45, 2.75) is 57.8 Å². The first-order valence-electron chi connectivity index (χ1n) is 5.38. The molecule has 5 N–H and O–H groups in total. The first-order chi connectivity index (χ1) is 6.02. The molecule has 1 fully saturated rings. The molecule has 0 amide bonds. The van der Waals surface area contributed by atoms with Crippen LogP contribution in [0.1, 0.15) is 46.0 Å². The Morgan fingerprint density at radius 2 is 1.69 bits per heavy atom. The lowest BCUT2D eigenvalue weighted by atomic mass is 9.94. The summed E-state index contributed by atoms with van der Waals surface area (Å²) >= 11 is 0. The third kappa shape index (κ3) is 3.25. The summed E-state index contributed by atoms with van der Waals surface area (Å²) in [5.41, 5.74) is 11.9. The molecule has 1 aliphatic carbocycles. The minimum absolute atomic E-state index is 0.273. The molecule has 13 heavy (non-hydrogen) atoms. The molecule has 0 heterocycles. The fraction of sp³-hybridized carbons (Fsp3) is 1.00. The molecule has 0 spiro atoms. The molecular formula is C10H23N3. The fourth-order valence-electron chi connectivity index (χ4n) is 1.77. The smallest absolute Gasteiger partial charge is 0.120 e. The van der Waals surface area contributed by atoms with Crippen molar-refractivity contribution >= 4 is 0 Å². The van der Waals surface area contributed by atoms with Crippen molar-refractivity contribution < 1.29 is 0 Å². The number of rotatable bonds is 3. The van der Waals surface area contributed by atoms with Crippen LogP contribution in [0.3, 0.4) is 0 Å². The van der Waals surface area contributed by atoms with Crippen molar-refractivity contribution in [2.75, 3.05) is 0 Å². The van der Waals surface area contributed by atoms with E-state index in [9.17, 15) is 0 Å². The quantitative estimate of drug-likeness (QED) is 0.578. The van der Waals surface area contributed by atoms with Crippen LogP contribution in [0.5, 0.6) is 0 Å². The minimum Gasteiger partial charge on any atom is -0.301 e. The van der Waals surface area contributed by atoms with Crippen molar-refractivity contribution in [3.05, 3.63) is 0 Å². The van der Waals surface area contributed by atoms with Crippen LogP contribution in [0, 0.1) is 5.92 Å². The molecule has 0 aromatic rings. The van der Waals surface area contributed by atoms with Gasteiger partial charge in [0.05, 0.1) is 0 Å². The predicted molar refractivity (Wildman–Crippen MR) is 56.0 cm³/mol. The number of nitrogens with one attached hydrogen (secondary N) is 1. The molecule has 0 atom stereocenters. The lowest BCUT2D eigenvalue weighted by Crippen LogP contribution is -2.67. The van der Waals surface area contributed by atoms with Gasteiger partial charge in [-0.3, -0.25) is 5.32 Å². The van der Waals surface area contributed by atoms with E-state index >= 15 is 0 Å². The molecule has 0 aromatic heterocycles. The van der Waals surface area contributed by atoms with Gasteiger partial charge in [0.1, 0.15) is 5.79 Å². The Hall–Kier alpha value is -0.120. The monoisotopic (exact) mass is 185 g/mol. The Bertz CT molecular complexity index is 148. The van der Waals surface area contributed by atoms with E-state index in [1.165, 1.54) is 32.1 Å². The van der Waals surface area contributed by atoms with Crippen molar-refractivity contribution in [2.24, 2.45) is 17.4 Å². The van der Waals surface area contributed by atoms with Gasteiger partial charge in [0.2, 0.25) is 0 Å². The van der Waals surface area contributed by atoms with Gasteiger partial charge in [-0.1, -0.05) is 33.1 Å². The molecule has 0 unspecified atom stereocenters. The van der Waals surface area contributed by atoms with E-state index in [1.807, 2.05) is 0 Å². The van der Waals surface area contributed by atoms with Gasteiger partial charge in [-0.15, -0.1) is 0 Å². The summed E-state index contributed by atoms with van der Waals surface area (Å²) in [5.74, 6) is -0.420. The predicted octanol–water partition coefficient (Wildman–Crippen LogP) is 1.14. The molecule has 1 rings (SSSR count). The zero-order chi connectivity index (χ0) is 9.90. The average Bonchev–Trinajstić information content (AvgIpc) is 2.05. The number of hydrogen-bond donors (Lipinski definition) is 3. The molecule has 3 nitrogen and oxygen atoms in total. The highest BCUT2D eigenvalue weighted by molar-refractivity contribution is 4.83. The van der Waals surface area contributed by atoms with Crippen molar-refractivity contribution in [1.29, 1.82) is 0 Å². The largest absolute Gasteiger partial charge is 0.301 e. The van der Waals surface area contributed by atoms with Crippen LogP contribution in [0.25, 0.3) is 0 Å². The minimum atomic E-state index is -0.692. The summed E-state index contributed by atoms with van der Waals surface area (Å²) in [5, 5.41) is 3.35. The van der Waals surface area contributed by atoms with E-state index in [1.54, 1.807) is 0 Å². The Labute approximate surface area is 81.2 Å². The SMILES string of the molecule is CC(C)C(N)(N)NC1CCCCC1. The van der Waals surface area contributed by atoms with Crippen molar-refractivity contribution in [3.8, 4) is 0 Å². The van der Waals surface area contributed by atoms with Crippen LogP contribution in [0.2, 0.25) is 0 Å². The Balaban J connectivity index is 2.37. The van der Waals surface area contributed by atoms with Gasteiger partial charge in [0.15, 0.2) is 0 Å². The third-order valence-electron chi connectivity index (χ3n) is 3.01. The highest BCUT2D eigenvalue weighted by Crippen LogP contribution is 2.19. The van der Waals surface area contributed by atoms with Gasteiger partial charge in [0.25, 0.3) is 0 Å². The zero-order valence-electron chi connectivity index (χ0n) is 8.84. The Morgan fingerprint density at radius 3 is 2.15 bits per heavy atom. The summed E-state index contributed by atoms with van der Waals surface area (Å²) in [6.45, 7) is 4.10. The highest BCUT2D eigenvalue weighted by Gasteiger charge is 2.27. The van der Waals surface area contributed by atoms with E-state index in [0.29, 0.717) is 6.04 Å². The molecule has 0 radical (unpaired) electrons. The van der Waals surface area contributed by atoms with E-state index in [4.69, 9.17) is 11.5 Å². The van der Waals surface area contributed by atoms with E-state index in [2.05, 4.69) is 19.2 Å². The van der Waals surface area contributed by atoms with E-state index in [0.717, 1.165) is 0 Å². The third-order valence-corrected chi connectivity index (χ3v) is 3.01. The van der Waals surface area contributed by atoms with Crippen LogP contribution >= 0.6 is 0 Å². The van der Waals surface area contributed by atoms with Gasteiger partial charge in [-0.2, -0.15) is 0 Å².